The van der Waals surface area contributed by atoms with Gasteiger partial charge in [-0.2, -0.15) is 0 Å². The van der Waals surface area contributed by atoms with Gasteiger partial charge in [-0.15, -0.1) is 0 Å². The molecule has 0 heterocycles. The van der Waals surface area contributed by atoms with Crippen molar-refractivity contribution in [2.45, 2.75) is 31.7 Å². The molecule has 1 unspecified atom stereocenters. The fraction of sp³-hybridized carbons (Fsp3) is 0.667. The monoisotopic (exact) mass is 202 g/mol. The normalized spacial score (nSPS) is 32.3. The Morgan fingerprint density at radius 1 is 1.57 bits per heavy atom. The quantitative estimate of drug-likeness (QED) is 0.498. The predicted octanol–water partition coefficient (Wildman–Crippen LogP) is -1.04. The highest BCUT2D eigenvalue weighted by atomic mass is 16.5. The summed E-state index contributed by atoms with van der Waals surface area (Å²) in [7, 11) is 0. The first-order chi connectivity index (χ1) is 6.56. The number of rotatable bonds is 2. The Morgan fingerprint density at radius 2 is 2.21 bits per heavy atom. The third-order valence-corrected chi connectivity index (χ3v) is 2.08. The van der Waals surface area contributed by atoms with Crippen LogP contribution in [0, 0.1) is 0 Å². The summed E-state index contributed by atoms with van der Waals surface area (Å²) in [5, 5.41) is 27.7. The minimum Gasteiger partial charge on any atom is -0.463 e. The first-order valence-electron chi connectivity index (χ1n) is 4.48. The zero-order valence-corrected chi connectivity index (χ0v) is 7.88. The number of carbonyl (C=O) groups excluding carboxylic acids is 1. The van der Waals surface area contributed by atoms with E-state index in [0.29, 0.717) is 0 Å². The lowest BCUT2D eigenvalue weighted by atomic mass is 9.92. The van der Waals surface area contributed by atoms with Crippen molar-refractivity contribution in [3.05, 3.63) is 11.6 Å². The number of hydrogen-bond acceptors (Lipinski definition) is 5. The van der Waals surface area contributed by atoms with Gasteiger partial charge < -0.3 is 20.1 Å². The molecular formula is C9H14O5. The van der Waals surface area contributed by atoms with E-state index < -0.39 is 24.3 Å². The molecule has 14 heavy (non-hydrogen) atoms. The largest absolute Gasteiger partial charge is 0.463 e. The van der Waals surface area contributed by atoms with Crippen LogP contribution in [0.15, 0.2) is 11.6 Å². The van der Waals surface area contributed by atoms with Crippen LogP contribution >= 0.6 is 0 Å². The van der Waals surface area contributed by atoms with E-state index in [2.05, 4.69) is 0 Å². The van der Waals surface area contributed by atoms with Crippen molar-refractivity contribution in [1.29, 1.82) is 0 Å². The zero-order valence-electron chi connectivity index (χ0n) is 7.88. The highest BCUT2D eigenvalue weighted by Gasteiger charge is 2.31. The molecule has 0 aromatic heterocycles. The second kappa shape index (κ2) is 4.54. The van der Waals surface area contributed by atoms with E-state index in [9.17, 15) is 20.1 Å². The molecule has 1 aliphatic carbocycles. The number of aliphatic hydroxyl groups is 3. The molecule has 0 aliphatic heterocycles. The van der Waals surface area contributed by atoms with Gasteiger partial charge in [0.2, 0.25) is 0 Å². The fourth-order valence-corrected chi connectivity index (χ4v) is 1.32. The van der Waals surface area contributed by atoms with Gasteiger partial charge in [0.05, 0.1) is 12.7 Å². The first-order valence-corrected chi connectivity index (χ1v) is 4.48. The number of esters is 1. The summed E-state index contributed by atoms with van der Waals surface area (Å²) >= 11 is 0. The third kappa shape index (κ3) is 2.31. The second-order valence-electron chi connectivity index (χ2n) is 3.17. The molecule has 5 nitrogen and oxygen atoms in total. The van der Waals surface area contributed by atoms with Crippen molar-refractivity contribution < 1.29 is 24.9 Å². The summed E-state index contributed by atoms with van der Waals surface area (Å²) in [5.41, 5.74) is 0.206. The van der Waals surface area contributed by atoms with Gasteiger partial charge in [-0.1, -0.05) is 0 Å². The highest BCUT2D eigenvalue weighted by molar-refractivity contribution is 5.88. The van der Waals surface area contributed by atoms with E-state index in [1.54, 1.807) is 6.92 Å². The Balaban J connectivity index is 2.71. The molecule has 5 heteroatoms. The number of aliphatic hydroxyl groups excluding tert-OH is 3. The van der Waals surface area contributed by atoms with Gasteiger partial charge >= 0.3 is 5.97 Å². The van der Waals surface area contributed by atoms with Crippen LogP contribution in [0.2, 0.25) is 0 Å². The third-order valence-electron chi connectivity index (χ3n) is 2.08. The van der Waals surface area contributed by atoms with Crippen LogP contribution in [0.25, 0.3) is 0 Å². The Labute approximate surface area is 81.6 Å². The van der Waals surface area contributed by atoms with Crippen LogP contribution in [-0.4, -0.2) is 46.2 Å². The van der Waals surface area contributed by atoms with Crippen molar-refractivity contribution in [1.82, 2.24) is 0 Å². The minimum atomic E-state index is -1.23. The molecule has 3 N–H and O–H groups in total. The van der Waals surface area contributed by atoms with Gasteiger partial charge in [0.1, 0.15) is 12.2 Å². The van der Waals surface area contributed by atoms with Crippen LogP contribution in [0.3, 0.4) is 0 Å². The smallest absolute Gasteiger partial charge is 0.333 e. The highest BCUT2D eigenvalue weighted by Crippen LogP contribution is 2.20. The van der Waals surface area contributed by atoms with Crippen LogP contribution in [0.4, 0.5) is 0 Å². The van der Waals surface area contributed by atoms with Gasteiger partial charge in [-0.3, -0.25) is 0 Å². The van der Waals surface area contributed by atoms with Crippen LogP contribution in [-0.2, 0) is 9.53 Å². The summed E-state index contributed by atoms with van der Waals surface area (Å²) in [5.74, 6) is -0.558. The maximum atomic E-state index is 11.2. The lowest BCUT2D eigenvalue weighted by Crippen LogP contribution is -2.41. The SMILES string of the molecule is CCOC(=O)C1=C[C@@H](O)[C@@H](O)C(O)C1. The van der Waals surface area contributed by atoms with Crippen molar-refractivity contribution >= 4 is 5.97 Å². The molecule has 0 spiro atoms. The number of hydrogen-bond donors (Lipinski definition) is 3. The van der Waals surface area contributed by atoms with E-state index in [1.165, 1.54) is 6.08 Å². The maximum absolute atomic E-state index is 11.2. The predicted molar refractivity (Wildman–Crippen MR) is 47.4 cm³/mol. The standard InChI is InChI=1S/C9H14O5/c1-2-14-9(13)5-3-6(10)8(12)7(11)4-5/h3,6-8,10-12H,2,4H2,1H3/t6-,7?,8-/m1/s1. The fourth-order valence-electron chi connectivity index (χ4n) is 1.32. The number of carbonyl (C=O) groups is 1. The van der Waals surface area contributed by atoms with Crippen molar-refractivity contribution in [2.75, 3.05) is 6.61 Å². The van der Waals surface area contributed by atoms with Crippen molar-refractivity contribution in [3.8, 4) is 0 Å². The molecule has 0 bridgehead atoms. The topological polar surface area (TPSA) is 87.0 Å². The molecule has 0 amide bonds. The second-order valence-corrected chi connectivity index (χ2v) is 3.17. The van der Waals surface area contributed by atoms with Crippen LogP contribution < -0.4 is 0 Å². The average Bonchev–Trinajstić information content (AvgIpc) is 2.13. The Bertz CT molecular complexity index is 248. The summed E-state index contributed by atoms with van der Waals surface area (Å²) < 4.78 is 4.70. The van der Waals surface area contributed by atoms with Gasteiger partial charge in [-0.25, -0.2) is 4.79 Å². The molecule has 0 saturated carbocycles. The minimum absolute atomic E-state index is 0.0110. The summed E-state index contributed by atoms with van der Waals surface area (Å²) in [6.07, 6.45) is -2.33. The summed E-state index contributed by atoms with van der Waals surface area (Å²) in [6.45, 7) is 1.91. The van der Waals surface area contributed by atoms with Gasteiger partial charge in [0.25, 0.3) is 0 Å². The maximum Gasteiger partial charge on any atom is 0.333 e. The first kappa shape index (κ1) is 11.2. The van der Waals surface area contributed by atoms with Crippen LogP contribution in [0.5, 0.6) is 0 Å². The summed E-state index contributed by atoms with van der Waals surface area (Å²) in [6, 6.07) is 0. The lowest BCUT2D eigenvalue weighted by molar-refractivity contribution is -0.140. The van der Waals surface area contributed by atoms with E-state index in [-0.39, 0.29) is 18.6 Å². The molecule has 80 valence electrons. The molecule has 0 fully saturated rings. The molecule has 3 atom stereocenters. The lowest BCUT2D eigenvalue weighted by Gasteiger charge is -2.26. The Kier molecular flexibility index (Phi) is 3.62. The molecule has 0 radical (unpaired) electrons. The molecule has 0 aromatic carbocycles. The van der Waals surface area contributed by atoms with Crippen molar-refractivity contribution in [3.63, 3.8) is 0 Å². The molecule has 1 rings (SSSR count). The average molecular weight is 202 g/mol. The molecule has 0 aromatic rings. The number of ether oxygens (including phenoxy) is 1. The van der Waals surface area contributed by atoms with Crippen LogP contribution in [0.1, 0.15) is 13.3 Å². The zero-order chi connectivity index (χ0) is 10.7. The summed E-state index contributed by atoms with van der Waals surface area (Å²) in [4.78, 5) is 11.2. The van der Waals surface area contributed by atoms with Gasteiger partial charge in [0.15, 0.2) is 0 Å². The van der Waals surface area contributed by atoms with Crippen molar-refractivity contribution in [2.24, 2.45) is 0 Å². The van der Waals surface area contributed by atoms with Gasteiger partial charge in [-0.05, 0) is 13.0 Å². The van der Waals surface area contributed by atoms with Gasteiger partial charge in [0, 0.05) is 12.0 Å². The van der Waals surface area contributed by atoms with E-state index in [4.69, 9.17) is 4.74 Å². The molecule has 1 aliphatic rings. The Hall–Kier alpha value is -0.910. The van der Waals surface area contributed by atoms with E-state index in [0.717, 1.165) is 0 Å². The Morgan fingerprint density at radius 3 is 2.71 bits per heavy atom. The molecule has 0 saturated heterocycles. The molecular weight excluding hydrogens is 188 g/mol. The van der Waals surface area contributed by atoms with E-state index in [1.807, 2.05) is 0 Å². The van der Waals surface area contributed by atoms with E-state index >= 15 is 0 Å².